The number of carbonyl (C=O) groups excluding carboxylic acids is 2. The molecule has 0 bridgehead atoms. The Hall–Kier alpha value is -4.66. The van der Waals surface area contributed by atoms with Crippen LogP contribution >= 0.6 is 0 Å². The summed E-state index contributed by atoms with van der Waals surface area (Å²) in [4.78, 5) is 36.5. The second kappa shape index (κ2) is 10.1. The van der Waals surface area contributed by atoms with Crippen molar-refractivity contribution in [1.29, 1.82) is 0 Å². The van der Waals surface area contributed by atoms with Gasteiger partial charge in [-0.05, 0) is 43.3 Å². The predicted octanol–water partition coefficient (Wildman–Crippen LogP) is 4.21. The highest BCUT2D eigenvalue weighted by molar-refractivity contribution is 6.03. The molecule has 2 heterocycles. The lowest BCUT2D eigenvalue weighted by atomic mass is 10.1. The molecule has 0 radical (unpaired) electrons. The summed E-state index contributed by atoms with van der Waals surface area (Å²) < 4.78 is 16.9. The third-order valence-electron chi connectivity index (χ3n) is 6.17. The molecule has 1 unspecified atom stereocenters. The number of hydrogen-bond donors (Lipinski definition) is 1. The van der Waals surface area contributed by atoms with Crippen molar-refractivity contribution in [1.82, 2.24) is 14.9 Å². The van der Waals surface area contributed by atoms with Gasteiger partial charge in [-0.3, -0.25) is 14.6 Å². The maximum Gasteiger partial charge on any atom is 0.275 e. The molecule has 0 saturated carbocycles. The van der Waals surface area contributed by atoms with Gasteiger partial charge in [-0.25, -0.2) is 4.98 Å². The number of methoxy groups -OCH3 is 2. The summed E-state index contributed by atoms with van der Waals surface area (Å²) in [6, 6.07) is 18.2. The van der Waals surface area contributed by atoms with Crippen LogP contribution in [0.2, 0.25) is 0 Å². The van der Waals surface area contributed by atoms with E-state index >= 15 is 0 Å². The Morgan fingerprint density at radius 3 is 2.68 bits per heavy atom. The monoisotopic (exact) mass is 498 g/mol. The summed E-state index contributed by atoms with van der Waals surface area (Å²) in [5.74, 6) is 1.22. The third kappa shape index (κ3) is 4.88. The molecule has 3 aromatic carbocycles. The molecule has 4 aromatic rings. The lowest BCUT2D eigenvalue weighted by Crippen LogP contribution is -2.37. The molecule has 0 aliphatic carbocycles. The van der Waals surface area contributed by atoms with E-state index in [4.69, 9.17) is 14.2 Å². The molecular weight excluding hydrogens is 472 g/mol. The second-order valence-corrected chi connectivity index (χ2v) is 8.63. The molecule has 1 N–H and O–H groups in total. The van der Waals surface area contributed by atoms with Crippen LogP contribution in [0.1, 0.15) is 28.5 Å². The van der Waals surface area contributed by atoms with Gasteiger partial charge >= 0.3 is 0 Å². The van der Waals surface area contributed by atoms with Gasteiger partial charge in [-0.15, -0.1) is 0 Å². The van der Waals surface area contributed by atoms with Crippen LogP contribution in [0.25, 0.3) is 11.0 Å². The number of nitrogens with zero attached hydrogens (tertiary/aromatic N) is 3. The molecule has 0 saturated heterocycles. The van der Waals surface area contributed by atoms with Crippen LogP contribution in [0.3, 0.4) is 0 Å². The van der Waals surface area contributed by atoms with Crippen molar-refractivity contribution in [3.8, 4) is 17.2 Å². The molecule has 1 aliphatic heterocycles. The van der Waals surface area contributed by atoms with E-state index in [0.29, 0.717) is 47.1 Å². The first-order valence-corrected chi connectivity index (χ1v) is 11.8. The van der Waals surface area contributed by atoms with Crippen molar-refractivity contribution in [2.24, 2.45) is 0 Å². The van der Waals surface area contributed by atoms with Crippen LogP contribution in [0.4, 0.5) is 5.69 Å². The normalized spacial score (nSPS) is 14.9. The van der Waals surface area contributed by atoms with Crippen LogP contribution in [0.15, 0.2) is 66.9 Å². The first kappa shape index (κ1) is 24.1. The molecule has 37 heavy (non-hydrogen) atoms. The predicted molar refractivity (Wildman–Crippen MR) is 138 cm³/mol. The Balaban J connectivity index is 1.40. The number of benzene rings is 3. The van der Waals surface area contributed by atoms with Crippen LogP contribution in [0.5, 0.6) is 17.2 Å². The number of carbonyl (C=O) groups is 2. The van der Waals surface area contributed by atoms with E-state index in [1.54, 1.807) is 38.2 Å². The standard InChI is InChI=1S/C28H26N4O5/c1-17-28(34)32(15-18-7-6-10-25(35-2)26(18)36-3)16-19-13-20(11-12-24(19)37-17)30-27(33)23-14-29-21-8-4-5-9-22(21)31-23/h4-14,17H,15-16H2,1-3H3,(H,30,33). The largest absolute Gasteiger partial charge is 0.493 e. The number of rotatable bonds is 6. The van der Waals surface area contributed by atoms with Gasteiger partial charge in [0.05, 0.1) is 31.4 Å². The average molecular weight is 499 g/mol. The molecular formula is C28H26N4O5. The maximum absolute atomic E-state index is 13.2. The van der Waals surface area contributed by atoms with E-state index in [-0.39, 0.29) is 17.5 Å². The van der Waals surface area contributed by atoms with E-state index in [9.17, 15) is 9.59 Å². The van der Waals surface area contributed by atoms with E-state index in [2.05, 4.69) is 15.3 Å². The smallest absolute Gasteiger partial charge is 0.275 e. The highest BCUT2D eigenvalue weighted by Gasteiger charge is 2.29. The van der Waals surface area contributed by atoms with Crippen molar-refractivity contribution < 1.29 is 23.8 Å². The summed E-state index contributed by atoms with van der Waals surface area (Å²) >= 11 is 0. The number of amides is 2. The van der Waals surface area contributed by atoms with Gasteiger partial charge in [0.2, 0.25) is 0 Å². The summed E-state index contributed by atoms with van der Waals surface area (Å²) in [7, 11) is 3.14. The molecule has 9 heteroatoms. The van der Waals surface area contributed by atoms with Gasteiger partial charge < -0.3 is 24.4 Å². The van der Waals surface area contributed by atoms with E-state index in [1.165, 1.54) is 6.20 Å². The lowest BCUT2D eigenvalue weighted by molar-refractivity contribution is -0.138. The fourth-order valence-corrected chi connectivity index (χ4v) is 4.36. The zero-order valence-electron chi connectivity index (χ0n) is 20.7. The average Bonchev–Trinajstić information content (AvgIpc) is 3.03. The maximum atomic E-state index is 13.2. The fourth-order valence-electron chi connectivity index (χ4n) is 4.36. The Labute approximate surface area is 214 Å². The Kier molecular flexibility index (Phi) is 6.59. The van der Waals surface area contributed by atoms with Crippen LogP contribution in [0, 0.1) is 0 Å². The van der Waals surface area contributed by atoms with E-state index in [1.807, 2.05) is 48.5 Å². The number of hydrogen-bond acceptors (Lipinski definition) is 7. The Bertz CT molecular complexity index is 1490. The molecule has 1 atom stereocenters. The number of anilines is 1. The van der Waals surface area contributed by atoms with Gasteiger partial charge in [0.15, 0.2) is 17.6 Å². The number of para-hydroxylation sites is 3. The summed E-state index contributed by atoms with van der Waals surface area (Å²) in [5.41, 5.74) is 3.70. The van der Waals surface area contributed by atoms with Crippen molar-refractivity contribution in [2.45, 2.75) is 26.1 Å². The van der Waals surface area contributed by atoms with Crippen molar-refractivity contribution in [2.75, 3.05) is 19.5 Å². The van der Waals surface area contributed by atoms with Gasteiger partial charge in [0, 0.05) is 29.9 Å². The summed E-state index contributed by atoms with van der Waals surface area (Å²) in [6.45, 7) is 2.31. The van der Waals surface area contributed by atoms with Crippen LogP contribution in [-0.2, 0) is 17.9 Å². The fraction of sp³-hybridized carbons (Fsp3) is 0.214. The number of nitrogens with one attached hydrogen (secondary N) is 1. The molecule has 2 amide bonds. The first-order chi connectivity index (χ1) is 18.0. The van der Waals surface area contributed by atoms with E-state index < -0.39 is 6.10 Å². The van der Waals surface area contributed by atoms with Gasteiger partial charge in [-0.1, -0.05) is 24.3 Å². The summed E-state index contributed by atoms with van der Waals surface area (Å²) in [5, 5.41) is 2.88. The lowest BCUT2D eigenvalue weighted by Gasteiger charge is -2.24. The highest BCUT2D eigenvalue weighted by Crippen LogP contribution is 2.34. The Morgan fingerprint density at radius 2 is 1.89 bits per heavy atom. The zero-order chi connectivity index (χ0) is 25.9. The molecule has 1 aliphatic rings. The minimum absolute atomic E-state index is 0.155. The number of fused-ring (bicyclic) bond motifs is 2. The van der Waals surface area contributed by atoms with Crippen molar-refractivity contribution in [3.05, 3.63) is 83.7 Å². The first-order valence-electron chi connectivity index (χ1n) is 11.8. The van der Waals surface area contributed by atoms with Crippen LogP contribution in [-0.4, -0.2) is 47.0 Å². The van der Waals surface area contributed by atoms with Gasteiger partial charge in [0.1, 0.15) is 11.4 Å². The topological polar surface area (TPSA) is 103 Å². The van der Waals surface area contributed by atoms with Crippen molar-refractivity contribution >= 4 is 28.5 Å². The molecule has 0 spiro atoms. The Morgan fingerprint density at radius 1 is 1.08 bits per heavy atom. The molecule has 0 fully saturated rings. The number of ether oxygens (including phenoxy) is 3. The second-order valence-electron chi connectivity index (χ2n) is 8.63. The minimum atomic E-state index is -0.675. The molecule has 1 aromatic heterocycles. The third-order valence-corrected chi connectivity index (χ3v) is 6.17. The van der Waals surface area contributed by atoms with Gasteiger partial charge in [-0.2, -0.15) is 0 Å². The van der Waals surface area contributed by atoms with E-state index in [0.717, 1.165) is 11.1 Å². The van der Waals surface area contributed by atoms with Gasteiger partial charge in [0.25, 0.3) is 11.8 Å². The SMILES string of the molecule is COc1cccc(CN2Cc3cc(NC(=O)c4cnc5ccccc5n4)ccc3OC(C)C2=O)c1OC. The summed E-state index contributed by atoms with van der Waals surface area (Å²) in [6.07, 6.45) is 0.777. The quantitative estimate of drug-likeness (QED) is 0.425. The zero-order valence-corrected chi connectivity index (χ0v) is 20.7. The molecule has 9 nitrogen and oxygen atoms in total. The van der Waals surface area contributed by atoms with Crippen LogP contribution < -0.4 is 19.5 Å². The minimum Gasteiger partial charge on any atom is -0.493 e. The van der Waals surface area contributed by atoms with Crippen molar-refractivity contribution in [3.63, 3.8) is 0 Å². The highest BCUT2D eigenvalue weighted by atomic mass is 16.5. The molecule has 5 rings (SSSR count). The molecule has 188 valence electrons. The number of aromatic nitrogens is 2.